The second-order valence-corrected chi connectivity index (χ2v) is 8.32. The lowest BCUT2D eigenvalue weighted by atomic mass is 10.2. The standard InChI is InChI=1S/C15H17NO3S2.C3H9N/c1-10(8-14(17)18)16-15(19)13-5-4-12(21-13)3-2-11-6-7-20-9-11;1-4(2)3/h4-7,9-10H,2-3,8H2,1H3,(H,16,19)(H,17,18);1-3H3/p+1. The molecule has 138 valence electrons. The number of quaternary nitrogens is 1. The van der Waals surface area contributed by atoms with E-state index in [0.29, 0.717) is 4.88 Å². The molecule has 0 aromatic carbocycles. The fourth-order valence-corrected chi connectivity index (χ4v) is 3.56. The van der Waals surface area contributed by atoms with Crippen LogP contribution in [-0.2, 0) is 17.6 Å². The first-order valence-corrected chi connectivity index (χ1v) is 9.93. The molecule has 25 heavy (non-hydrogen) atoms. The van der Waals surface area contributed by atoms with Crippen molar-refractivity contribution in [3.63, 3.8) is 0 Å². The summed E-state index contributed by atoms with van der Waals surface area (Å²) in [5.74, 6) is -1.11. The summed E-state index contributed by atoms with van der Waals surface area (Å²) in [5, 5.41) is 15.6. The summed E-state index contributed by atoms with van der Waals surface area (Å²) in [6.45, 7) is 1.69. The van der Waals surface area contributed by atoms with Crippen LogP contribution in [0.2, 0.25) is 0 Å². The average molecular weight is 384 g/mol. The Morgan fingerprint density at radius 3 is 2.44 bits per heavy atom. The molecule has 0 bridgehead atoms. The van der Waals surface area contributed by atoms with Gasteiger partial charge < -0.3 is 15.3 Å². The van der Waals surface area contributed by atoms with E-state index in [1.807, 2.05) is 6.07 Å². The van der Waals surface area contributed by atoms with Gasteiger partial charge in [0.2, 0.25) is 0 Å². The van der Waals surface area contributed by atoms with E-state index in [1.165, 1.54) is 21.8 Å². The SMILES string of the molecule is CC(CC(=O)O)NC(=O)c1ccc(CCc2ccsc2)s1.C[NH+](C)C. The van der Waals surface area contributed by atoms with Crippen molar-refractivity contribution >= 4 is 34.6 Å². The molecule has 1 unspecified atom stereocenters. The van der Waals surface area contributed by atoms with Crippen LogP contribution in [0.4, 0.5) is 0 Å². The third-order valence-corrected chi connectivity index (χ3v) is 4.86. The van der Waals surface area contributed by atoms with Gasteiger partial charge in [-0.1, -0.05) is 0 Å². The van der Waals surface area contributed by atoms with E-state index in [0.717, 1.165) is 17.7 Å². The highest BCUT2D eigenvalue weighted by Gasteiger charge is 2.14. The fourth-order valence-electron chi connectivity index (χ4n) is 1.94. The van der Waals surface area contributed by atoms with Crippen molar-refractivity contribution < 1.29 is 19.6 Å². The number of rotatable bonds is 7. The Bertz CT molecular complexity index is 648. The minimum absolute atomic E-state index is 0.0673. The number of hydrogen-bond acceptors (Lipinski definition) is 4. The second kappa shape index (κ2) is 11.0. The van der Waals surface area contributed by atoms with Crippen LogP contribution < -0.4 is 10.2 Å². The van der Waals surface area contributed by atoms with Crippen LogP contribution in [0.25, 0.3) is 0 Å². The molecule has 5 nitrogen and oxygen atoms in total. The number of carbonyl (C=O) groups excluding carboxylic acids is 1. The number of thiophene rings is 2. The van der Waals surface area contributed by atoms with Crippen molar-refractivity contribution in [3.05, 3.63) is 44.3 Å². The van der Waals surface area contributed by atoms with Gasteiger partial charge in [0.1, 0.15) is 0 Å². The van der Waals surface area contributed by atoms with E-state index in [9.17, 15) is 9.59 Å². The Morgan fingerprint density at radius 2 is 1.88 bits per heavy atom. The summed E-state index contributed by atoms with van der Waals surface area (Å²) in [7, 11) is 6.25. The Morgan fingerprint density at radius 1 is 1.20 bits per heavy atom. The third-order valence-electron chi connectivity index (χ3n) is 2.98. The first kappa shape index (κ1) is 21.3. The van der Waals surface area contributed by atoms with Gasteiger partial charge in [-0.05, 0) is 54.3 Å². The number of carbonyl (C=O) groups is 2. The lowest BCUT2D eigenvalue weighted by Crippen LogP contribution is -3.02. The van der Waals surface area contributed by atoms with Gasteiger partial charge in [0.05, 0.1) is 32.4 Å². The lowest BCUT2D eigenvalue weighted by Gasteiger charge is -2.10. The van der Waals surface area contributed by atoms with Crippen molar-refractivity contribution in [3.8, 4) is 0 Å². The zero-order chi connectivity index (χ0) is 18.8. The van der Waals surface area contributed by atoms with Crippen LogP contribution in [0, 0.1) is 0 Å². The topological polar surface area (TPSA) is 70.8 Å². The lowest BCUT2D eigenvalue weighted by molar-refractivity contribution is -0.836. The fraction of sp³-hybridized carbons (Fsp3) is 0.444. The van der Waals surface area contributed by atoms with Crippen LogP contribution in [0.1, 0.15) is 33.5 Å². The van der Waals surface area contributed by atoms with E-state index in [4.69, 9.17) is 5.11 Å². The zero-order valence-corrected chi connectivity index (χ0v) is 16.8. The molecular weight excluding hydrogens is 356 g/mol. The van der Waals surface area contributed by atoms with Crippen LogP contribution in [0.5, 0.6) is 0 Å². The molecule has 2 aromatic heterocycles. The van der Waals surface area contributed by atoms with Crippen LogP contribution in [-0.4, -0.2) is 44.2 Å². The number of hydrogen-bond donors (Lipinski definition) is 3. The molecule has 0 spiro atoms. The predicted molar refractivity (Wildman–Crippen MR) is 104 cm³/mol. The number of aliphatic carboxylic acids is 1. The largest absolute Gasteiger partial charge is 0.481 e. The monoisotopic (exact) mass is 383 g/mol. The van der Waals surface area contributed by atoms with Crippen molar-refractivity contribution in [1.29, 1.82) is 0 Å². The summed E-state index contributed by atoms with van der Waals surface area (Å²) in [6.07, 6.45) is 1.82. The minimum atomic E-state index is -0.912. The molecule has 3 N–H and O–H groups in total. The molecule has 0 aliphatic carbocycles. The zero-order valence-electron chi connectivity index (χ0n) is 15.2. The van der Waals surface area contributed by atoms with Gasteiger partial charge in [0, 0.05) is 10.9 Å². The highest BCUT2D eigenvalue weighted by molar-refractivity contribution is 7.14. The number of aryl methyl sites for hydroxylation is 2. The van der Waals surface area contributed by atoms with E-state index in [-0.39, 0.29) is 18.4 Å². The number of nitrogens with one attached hydrogen (secondary N) is 2. The molecule has 7 heteroatoms. The molecule has 2 rings (SSSR count). The Kier molecular flexibility index (Phi) is 9.41. The summed E-state index contributed by atoms with van der Waals surface area (Å²) >= 11 is 3.16. The first-order chi connectivity index (χ1) is 11.8. The van der Waals surface area contributed by atoms with Crippen LogP contribution in [0.3, 0.4) is 0 Å². The molecule has 1 amide bonds. The number of carboxylic acid groups (broad SMARTS) is 1. The summed E-state index contributed by atoms with van der Waals surface area (Å²) < 4.78 is 0. The molecule has 1 atom stereocenters. The molecular formula is C18H27N2O3S2+. The molecule has 0 fully saturated rings. The molecule has 0 aliphatic rings. The molecule has 0 radical (unpaired) electrons. The molecule has 0 saturated carbocycles. The Hall–Kier alpha value is -1.70. The predicted octanol–water partition coefficient (Wildman–Crippen LogP) is 1.95. The maximum absolute atomic E-state index is 12.0. The van der Waals surface area contributed by atoms with Gasteiger partial charge in [-0.15, -0.1) is 11.3 Å². The van der Waals surface area contributed by atoms with E-state index in [1.54, 1.807) is 24.3 Å². The van der Waals surface area contributed by atoms with Crippen molar-refractivity contribution in [2.75, 3.05) is 21.1 Å². The number of amides is 1. The van der Waals surface area contributed by atoms with Gasteiger partial charge in [-0.25, -0.2) is 0 Å². The first-order valence-electron chi connectivity index (χ1n) is 8.17. The van der Waals surface area contributed by atoms with Gasteiger partial charge in [0.15, 0.2) is 0 Å². The molecule has 2 aromatic rings. The average Bonchev–Trinajstić information content (AvgIpc) is 3.15. The quantitative estimate of drug-likeness (QED) is 0.684. The van der Waals surface area contributed by atoms with Crippen molar-refractivity contribution in [2.45, 2.75) is 32.2 Å². The molecule has 0 aliphatic heterocycles. The van der Waals surface area contributed by atoms with E-state index in [2.05, 4.69) is 43.3 Å². The van der Waals surface area contributed by atoms with Crippen molar-refractivity contribution in [1.82, 2.24) is 5.32 Å². The maximum Gasteiger partial charge on any atom is 0.305 e. The van der Waals surface area contributed by atoms with Crippen LogP contribution in [0.15, 0.2) is 29.0 Å². The van der Waals surface area contributed by atoms with Gasteiger partial charge in [-0.3, -0.25) is 9.59 Å². The minimum Gasteiger partial charge on any atom is -0.481 e. The van der Waals surface area contributed by atoms with E-state index >= 15 is 0 Å². The van der Waals surface area contributed by atoms with Gasteiger partial charge in [0.25, 0.3) is 5.91 Å². The number of carboxylic acids is 1. The Balaban J connectivity index is 0.000000705. The van der Waals surface area contributed by atoms with Gasteiger partial charge >= 0.3 is 5.97 Å². The van der Waals surface area contributed by atoms with Crippen LogP contribution >= 0.6 is 22.7 Å². The second-order valence-electron chi connectivity index (χ2n) is 6.37. The molecule has 2 heterocycles. The smallest absolute Gasteiger partial charge is 0.305 e. The van der Waals surface area contributed by atoms with Gasteiger partial charge in [-0.2, -0.15) is 11.3 Å². The summed E-state index contributed by atoms with van der Waals surface area (Å²) in [6, 6.07) is 5.51. The third kappa shape index (κ3) is 9.38. The highest BCUT2D eigenvalue weighted by Crippen LogP contribution is 2.19. The summed E-state index contributed by atoms with van der Waals surface area (Å²) in [5.41, 5.74) is 1.31. The Labute approximate surface area is 157 Å². The normalized spacial score (nSPS) is 11.6. The summed E-state index contributed by atoms with van der Waals surface area (Å²) in [4.78, 5) is 25.8. The molecule has 0 saturated heterocycles. The van der Waals surface area contributed by atoms with Crippen molar-refractivity contribution in [2.24, 2.45) is 0 Å². The highest BCUT2D eigenvalue weighted by atomic mass is 32.1. The maximum atomic E-state index is 12.0. The van der Waals surface area contributed by atoms with E-state index < -0.39 is 5.97 Å².